The molecule has 0 spiro atoms. The minimum Gasteiger partial charge on any atom is -0.480 e. The lowest BCUT2D eigenvalue weighted by atomic mass is 10.2. The van der Waals surface area contributed by atoms with Gasteiger partial charge in [-0.05, 0) is 25.9 Å². The lowest BCUT2D eigenvalue weighted by Gasteiger charge is -2.14. The summed E-state index contributed by atoms with van der Waals surface area (Å²) in [4.78, 5) is 12.7. The average molecular weight is 186 g/mol. The quantitative estimate of drug-likeness (QED) is 0.641. The number of hydrogen-bond donors (Lipinski definition) is 2. The maximum absolute atomic E-state index is 10.3. The molecular formula is C9H18N2O2. The van der Waals surface area contributed by atoms with E-state index in [4.69, 9.17) is 5.11 Å². The molecular weight excluding hydrogens is 168 g/mol. The fraction of sp³-hybridized carbons (Fsp3) is 0.889. The van der Waals surface area contributed by atoms with Crippen LogP contribution in [-0.2, 0) is 4.79 Å². The van der Waals surface area contributed by atoms with Crippen molar-refractivity contribution in [2.75, 3.05) is 26.2 Å². The first-order valence-corrected chi connectivity index (χ1v) is 4.90. The molecule has 76 valence electrons. The van der Waals surface area contributed by atoms with Crippen molar-refractivity contribution in [2.45, 2.75) is 25.8 Å². The van der Waals surface area contributed by atoms with Crippen molar-refractivity contribution in [3.63, 3.8) is 0 Å². The van der Waals surface area contributed by atoms with Crippen LogP contribution in [0.25, 0.3) is 0 Å². The Labute approximate surface area is 78.9 Å². The van der Waals surface area contributed by atoms with Gasteiger partial charge in [0.2, 0.25) is 0 Å². The molecule has 0 aromatic carbocycles. The Morgan fingerprint density at radius 3 is 3.08 bits per heavy atom. The first-order valence-electron chi connectivity index (χ1n) is 4.90. The largest absolute Gasteiger partial charge is 0.480 e. The number of carboxylic acids is 1. The van der Waals surface area contributed by atoms with Crippen LogP contribution >= 0.6 is 0 Å². The molecule has 1 heterocycles. The van der Waals surface area contributed by atoms with Crippen LogP contribution in [0.5, 0.6) is 0 Å². The van der Waals surface area contributed by atoms with Gasteiger partial charge in [-0.25, -0.2) is 0 Å². The summed E-state index contributed by atoms with van der Waals surface area (Å²) in [6.45, 7) is 5.49. The van der Waals surface area contributed by atoms with Gasteiger partial charge < -0.3 is 15.3 Å². The van der Waals surface area contributed by atoms with Gasteiger partial charge in [-0.1, -0.05) is 6.92 Å². The zero-order valence-electron chi connectivity index (χ0n) is 8.12. The van der Waals surface area contributed by atoms with E-state index in [1.165, 1.54) is 6.42 Å². The topological polar surface area (TPSA) is 52.6 Å². The monoisotopic (exact) mass is 186 g/mol. The average Bonchev–Trinajstić information content (AvgIpc) is 2.50. The van der Waals surface area contributed by atoms with Gasteiger partial charge in [0, 0.05) is 12.6 Å². The van der Waals surface area contributed by atoms with E-state index in [1.807, 2.05) is 0 Å². The number of carbonyl (C=O) groups is 1. The molecule has 0 radical (unpaired) electrons. The summed E-state index contributed by atoms with van der Waals surface area (Å²) in [5.74, 6) is -0.769. The van der Waals surface area contributed by atoms with E-state index in [-0.39, 0.29) is 6.54 Å². The van der Waals surface area contributed by atoms with Crippen molar-refractivity contribution < 1.29 is 9.90 Å². The van der Waals surface area contributed by atoms with Gasteiger partial charge in [-0.2, -0.15) is 0 Å². The number of hydrogen-bond acceptors (Lipinski definition) is 3. The number of rotatable bonds is 5. The second-order valence-electron chi connectivity index (χ2n) is 3.56. The molecule has 0 aromatic heterocycles. The standard InChI is InChI=1S/C9H18N2O2/c1-2-4-11-5-3-8(7-11)10-6-9(12)13/h8,10H,2-7H2,1H3,(H,12,13). The molecule has 1 rings (SSSR count). The molecule has 0 bridgehead atoms. The highest BCUT2D eigenvalue weighted by Crippen LogP contribution is 2.08. The maximum atomic E-state index is 10.3. The Balaban J connectivity index is 2.13. The molecule has 0 aromatic rings. The van der Waals surface area contributed by atoms with E-state index in [1.54, 1.807) is 0 Å². The fourth-order valence-electron chi connectivity index (χ4n) is 1.75. The van der Waals surface area contributed by atoms with Gasteiger partial charge in [-0.15, -0.1) is 0 Å². The number of carboxylic acid groups (broad SMARTS) is 1. The van der Waals surface area contributed by atoms with E-state index in [0.717, 1.165) is 26.1 Å². The minimum atomic E-state index is -0.769. The lowest BCUT2D eigenvalue weighted by Crippen LogP contribution is -2.36. The SMILES string of the molecule is CCCN1CCC(NCC(=O)O)C1. The van der Waals surface area contributed by atoms with Gasteiger partial charge in [0.15, 0.2) is 0 Å². The number of aliphatic carboxylic acids is 1. The van der Waals surface area contributed by atoms with Crippen LogP contribution in [0, 0.1) is 0 Å². The van der Waals surface area contributed by atoms with Gasteiger partial charge in [0.25, 0.3) is 0 Å². The zero-order valence-corrected chi connectivity index (χ0v) is 8.12. The highest BCUT2D eigenvalue weighted by atomic mass is 16.4. The van der Waals surface area contributed by atoms with E-state index in [2.05, 4.69) is 17.1 Å². The van der Waals surface area contributed by atoms with Crippen molar-refractivity contribution >= 4 is 5.97 Å². The highest BCUT2D eigenvalue weighted by Gasteiger charge is 2.21. The molecule has 1 unspecified atom stereocenters. The predicted molar refractivity (Wildman–Crippen MR) is 50.8 cm³/mol. The molecule has 0 amide bonds. The van der Waals surface area contributed by atoms with Gasteiger partial charge in [0.1, 0.15) is 0 Å². The maximum Gasteiger partial charge on any atom is 0.317 e. The van der Waals surface area contributed by atoms with E-state index in [9.17, 15) is 4.79 Å². The summed E-state index contributed by atoms with van der Waals surface area (Å²) in [6, 6.07) is 0.377. The molecule has 2 N–H and O–H groups in total. The van der Waals surface area contributed by atoms with Crippen molar-refractivity contribution in [2.24, 2.45) is 0 Å². The van der Waals surface area contributed by atoms with Crippen LogP contribution in [0.1, 0.15) is 19.8 Å². The third-order valence-corrected chi connectivity index (χ3v) is 2.35. The van der Waals surface area contributed by atoms with Crippen molar-refractivity contribution in [1.29, 1.82) is 0 Å². The van der Waals surface area contributed by atoms with Crippen LogP contribution in [0.15, 0.2) is 0 Å². The number of nitrogens with one attached hydrogen (secondary N) is 1. The van der Waals surface area contributed by atoms with Crippen molar-refractivity contribution in [3.8, 4) is 0 Å². The molecule has 1 aliphatic heterocycles. The smallest absolute Gasteiger partial charge is 0.317 e. The number of likely N-dealkylation sites (tertiary alicyclic amines) is 1. The van der Waals surface area contributed by atoms with E-state index >= 15 is 0 Å². The summed E-state index contributed by atoms with van der Waals surface area (Å²) in [6.07, 6.45) is 2.25. The summed E-state index contributed by atoms with van der Waals surface area (Å²) in [5.41, 5.74) is 0. The molecule has 13 heavy (non-hydrogen) atoms. The third kappa shape index (κ3) is 3.74. The highest BCUT2D eigenvalue weighted by molar-refractivity contribution is 5.69. The van der Waals surface area contributed by atoms with Gasteiger partial charge in [0.05, 0.1) is 6.54 Å². The van der Waals surface area contributed by atoms with E-state index in [0.29, 0.717) is 6.04 Å². The van der Waals surface area contributed by atoms with Crippen LogP contribution in [0.3, 0.4) is 0 Å². The predicted octanol–water partition coefficient (Wildman–Crippen LogP) is 0.145. The first-order chi connectivity index (χ1) is 6.22. The Kier molecular flexibility index (Phi) is 4.18. The summed E-state index contributed by atoms with van der Waals surface area (Å²) >= 11 is 0. The van der Waals surface area contributed by atoms with Crippen LogP contribution < -0.4 is 5.32 Å². The summed E-state index contributed by atoms with van der Waals surface area (Å²) in [7, 11) is 0. The second-order valence-corrected chi connectivity index (χ2v) is 3.56. The summed E-state index contributed by atoms with van der Waals surface area (Å²) < 4.78 is 0. The molecule has 0 aliphatic carbocycles. The first kappa shape index (κ1) is 10.5. The van der Waals surface area contributed by atoms with Gasteiger partial charge >= 0.3 is 5.97 Å². The van der Waals surface area contributed by atoms with Crippen molar-refractivity contribution in [3.05, 3.63) is 0 Å². The minimum absolute atomic E-state index is 0.0879. The lowest BCUT2D eigenvalue weighted by molar-refractivity contribution is -0.136. The molecule has 4 nitrogen and oxygen atoms in total. The van der Waals surface area contributed by atoms with Crippen molar-refractivity contribution in [1.82, 2.24) is 10.2 Å². The third-order valence-electron chi connectivity index (χ3n) is 2.35. The number of nitrogens with zero attached hydrogens (tertiary/aromatic N) is 1. The van der Waals surface area contributed by atoms with Crippen LogP contribution in [0.4, 0.5) is 0 Å². The van der Waals surface area contributed by atoms with Crippen LogP contribution in [0.2, 0.25) is 0 Å². The Morgan fingerprint density at radius 1 is 1.69 bits per heavy atom. The van der Waals surface area contributed by atoms with Crippen LogP contribution in [-0.4, -0.2) is 48.2 Å². The zero-order chi connectivity index (χ0) is 9.68. The molecule has 4 heteroatoms. The second kappa shape index (κ2) is 5.19. The Bertz CT molecular complexity index is 173. The van der Waals surface area contributed by atoms with Gasteiger partial charge in [-0.3, -0.25) is 4.79 Å². The Morgan fingerprint density at radius 2 is 2.46 bits per heavy atom. The summed E-state index contributed by atoms with van der Waals surface area (Å²) in [5, 5.41) is 11.5. The molecule has 1 atom stereocenters. The fourth-order valence-corrected chi connectivity index (χ4v) is 1.75. The molecule has 1 saturated heterocycles. The normalized spacial score (nSPS) is 23.6. The molecule has 1 aliphatic rings. The molecule has 1 fully saturated rings. The molecule has 0 saturated carbocycles. The Hall–Kier alpha value is -0.610. The van der Waals surface area contributed by atoms with E-state index < -0.39 is 5.97 Å².